The van der Waals surface area contributed by atoms with Crippen molar-refractivity contribution >= 4 is 68.9 Å². The Morgan fingerprint density at radius 2 is 2.00 bits per heavy atom. The molecule has 2 N–H and O–H groups in total. The Bertz CT molecular complexity index is 875. The Labute approximate surface area is 181 Å². The molecule has 6 nitrogen and oxygen atoms in total. The predicted molar refractivity (Wildman–Crippen MR) is 112 cm³/mol. The minimum atomic E-state index is -1.24. The van der Waals surface area contributed by atoms with E-state index in [0.29, 0.717) is 33.0 Å². The SMILES string of the molecule is CCOC(=O)C(CC)(CCC(=O)O)c1nc(Nc2ccc(Cl)cc2Cl)sc1Cl. The number of halogens is 3. The zero-order chi connectivity index (χ0) is 20.9. The summed E-state index contributed by atoms with van der Waals surface area (Å²) in [7, 11) is 0. The molecule has 2 rings (SSSR count). The first-order chi connectivity index (χ1) is 13.2. The molecular formula is C18H19Cl3N2O4S. The van der Waals surface area contributed by atoms with E-state index in [1.807, 2.05) is 0 Å². The number of hydrogen-bond donors (Lipinski definition) is 2. The van der Waals surface area contributed by atoms with E-state index >= 15 is 0 Å². The highest BCUT2D eigenvalue weighted by atomic mass is 35.5. The lowest BCUT2D eigenvalue weighted by Gasteiger charge is -2.28. The van der Waals surface area contributed by atoms with Gasteiger partial charge < -0.3 is 15.2 Å². The summed E-state index contributed by atoms with van der Waals surface area (Å²) in [5.41, 5.74) is -0.369. The molecule has 0 saturated heterocycles. The van der Waals surface area contributed by atoms with Crippen LogP contribution in [0.25, 0.3) is 0 Å². The van der Waals surface area contributed by atoms with Gasteiger partial charge in [0.15, 0.2) is 5.13 Å². The van der Waals surface area contributed by atoms with Gasteiger partial charge in [-0.05, 0) is 38.0 Å². The van der Waals surface area contributed by atoms with Gasteiger partial charge in [0.2, 0.25) is 0 Å². The zero-order valence-electron chi connectivity index (χ0n) is 15.2. The van der Waals surface area contributed by atoms with Crippen molar-refractivity contribution in [3.63, 3.8) is 0 Å². The normalized spacial score (nSPS) is 13.0. The first-order valence-corrected chi connectivity index (χ1v) is 10.5. The molecule has 0 fully saturated rings. The van der Waals surface area contributed by atoms with E-state index < -0.39 is 17.4 Å². The average molecular weight is 466 g/mol. The van der Waals surface area contributed by atoms with Crippen LogP contribution in [0, 0.1) is 0 Å². The van der Waals surface area contributed by atoms with Crippen LogP contribution >= 0.6 is 46.1 Å². The molecule has 0 radical (unpaired) electrons. The molecule has 1 atom stereocenters. The van der Waals surface area contributed by atoms with E-state index in [1.54, 1.807) is 32.0 Å². The van der Waals surface area contributed by atoms with Crippen LogP contribution in [0.4, 0.5) is 10.8 Å². The fourth-order valence-electron chi connectivity index (χ4n) is 2.75. The van der Waals surface area contributed by atoms with E-state index in [-0.39, 0.29) is 23.8 Å². The zero-order valence-corrected chi connectivity index (χ0v) is 18.3. The highest BCUT2D eigenvalue weighted by Crippen LogP contribution is 2.43. The standard InChI is InChI=1S/C18H19Cl3N2O4S/c1-3-18(8-7-13(24)25,16(26)27-4-2)14-15(21)28-17(23-14)22-12-6-5-10(19)9-11(12)20/h5-6,9H,3-4,7-8H2,1-2H3,(H,22,23)(H,24,25). The van der Waals surface area contributed by atoms with E-state index in [9.17, 15) is 9.59 Å². The summed E-state index contributed by atoms with van der Waals surface area (Å²) >= 11 is 19.6. The summed E-state index contributed by atoms with van der Waals surface area (Å²) in [4.78, 5) is 28.4. The van der Waals surface area contributed by atoms with Crippen molar-refractivity contribution in [2.75, 3.05) is 11.9 Å². The van der Waals surface area contributed by atoms with Crippen LogP contribution in [0.15, 0.2) is 18.2 Å². The highest BCUT2D eigenvalue weighted by molar-refractivity contribution is 7.19. The molecule has 0 aliphatic rings. The number of nitrogens with one attached hydrogen (secondary N) is 1. The number of benzene rings is 1. The van der Waals surface area contributed by atoms with Crippen LogP contribution < -0.4 is 5.32 Å². The number of carboxylic acid groups (broad SMARTS) is 1. The van der Waals surface area contributed by atoms with Crippen LogP contribution in [0.5, 0.6) is 0 Å². The van der Waals surface area contributed by atoms with Crippen molar-refractivity contribution in [2.45, 2.75) is 38.5 Å². The molecule has 28 heavy (non-hydrogen) atoms. The minimum Gasteiger partial charge on any atom is -0.481 e. The molecular weight excluding hydrogens is 447 g/mol. The number of carboxylic acids is 1. The predicted octanol–water partition coefficient (Wildman–Crippen LogP) is 5.92. The lowest BCUT2D eigenvalue weighted by Crippen LogP contribution is -2.38. The van der Waals surface area contributed by atoms with E-state index in [4.69, 9.17) is 44.6 Å². The molecule has 0 aliphatic heterocycles. The maximum atomic E-state index is 12.8. The number of aliphatic carboxylic acids is 1. The molecule has 2 aromatic rings. The fourth-order valence-corrected chi connectivity index (χ4v) is 4.45. The number of thiazole rings is 1. The summed E-state index contributed by atoms with van der Waals surface area (Å²) in [5.74, 6) is -1.55. The van der Waals surface area contributed by atoms with Gasteiger partial charge in [-0.25, -0.2) is 4.98 Å². The van der Waals surface area contributed by atoms with Crippen molar-refractivity contribution in [3.8, 4) is 0 Å². The Balaban J connectivity index is 2.43. The molecule has 0 spiro atoms. The molecule has 1 aromatic heterocycles. The van der Waals surface area contributed by atoms with Gasteiger partial charge in [0.25, 0.3) is 0 Å². The Morgan fingerprint density at radius 3 is 2.57 bits per heavy atom. The molecule has 152 valence electrons. The molecule has 10 heteroatoms. The molecule has 1 unspecified atom stereocenters. The third-order valence-corrected chi connectivity index (χ3v) is 5.96. The van der Waals surface area contributed by atoms with E-state index in [1.165, 1.54) is 0 Å². The Hall–Kier alpha value is -1.54. The van der Waals surface area contributed by atoms with Crippen LogP contribution in [0.2, 0.25) is 14.4 Å². The third kappa shape index (κ3) is 5.08. The van der Waals surface area contributed by atoms with Gasteiger partial charge in [-0.2, -0.15) is 0 Å². The maximum Gasteiger partial charge on any atom is 0.318 e. The van der Waals surface area contributed by atoms with Gasteiger partial charge in [0.05, 0.1) is 23.0 Å². The third-order valence-electron chi connectivity index (χ3n) is 4.25. The molecule has 0 aliphatic carbocycles. The van der Waals surface area contributed by atoms with Gasteiger partial charge >= 0.3 is 11.9 Å². The molecule has 0 amide bonds. The number of anilines is 2. The van der Waals surface area contributed by atoms with Crippen LogP contribution in [0.3, 0.4) is 0 Å². The van der Waals surface area contributed by atoms with Gasteiger partial charge in [0, 0.05) is 11.4 Å². The van der Waals surface area contributed by atoms with Crippen molar-refractivity contribution in [3.05, 3.63) is 38.3 Å². The van der Waals surface area contributed by atoms with E-state index in [0.717, 1.165) is 11.3 Å². The number of hydrogen-bond acceptors (Lipinski definition) is 6. The topological polar surface area (TPSA) is 88.5 Å². The number of aromatic nitrogens is 1. The number of carbonyl (C=O) groups is 2. The summed E-state index contributed by atoms with van der Waals surface area (Å²) in [5, 5.41) is 13.5. The van der Waals surface area contributed by atoms with Crippen molar-refractivity contribution in [1.29, 1.82) is 0 Å². The van der Waals surface area contributed by atoms with Crippen LogP contribution in [-0.2, 0) is 19.7 Å². The average Bonchev–Trinajstić information content (AvgIpc) is 2.99. The second-order valence-electron chi connectivity index (χ2n) is 5.94. The maximum absolute atomic E-state index is 12.8. The number of ether oxygens (including phenoxy) is 1. The van der Waals surface area contributed by atoms with Crippen molar-refractivity contribution in [1.82, 2.24) is 4.98 Å². The number of esters is 1. The summed E-state index contributed by atoms with van der Waals surface area (Å²) in [6.07, 6.45) is 0.109. The highest BCUT2D eigenvalue weighted by Gasteiger charge is 2.44. The second-order valence-corrected chi connectivity index (χ2v) is 8.39. The quantitative estimate of drug-likeness (QED) is 0.447. The first kappa shape index (κ1) is 22.7. The Morgan fingerprint density at radius 1 is 1.29 bits per heavy atom. The van der Waals surface area contributed by atoms with Crippen LogP contribution in [-0.4, -0.2) is 28.6 Å². The number of nitrogens with zero attached hydrogens (tertiary/aromatic N) is 1. The van der Waals surface area contributed by atoms with E-state index in [2.05, 4.69) is 10.3 Å². The number of rotatable bonds is 9. The fraction of sp³-hybridized carbons (Fsp3) is 0.389. The lowest BCUT2D eigenvalue weighted by atomic mass is 9.78. The van der Waals surface area contributed by atoms with Crippen molar-refractivity contribution in [2.24, 2.45) is 0 Å². The molecule has 0 saturated carbocycles. The second kappa shape index (κ2) is 9.78. The van der Waals surface area contributed by atoms with Gasteiger partial charge in [-0.1, -0.05) is 53.1 Å². The summed E-state index contributed by atoms with van der Waals surface area (Å²) in [6.45, 7) is 3.63. The van der Waals surface area contributed by atoms with Gasteiger partial charge in [-0.3, -0.25) is 9.59 Å². The lowest BCUT2D eigenvalue weighted by molar-refractivity contribution is -0.151. The van der Waals surface area contributed by atoms with Crippen LogP contribution in [0.1, 0.15) is 38.8 Å². The molecule has 1 aromatic carbocycles. The largest absolute Gasteiger partial charge is 0.481 e. The van der Waals surface area contributed by atoms with Crippen molar-refractivity contribution < 1.29 is 19.4 Å². The minimum absolute atomic E-state index is 0.0300. The monoisotopic (exact) mass is 464 g/mol. The Kier molecular flexibility index (Phi) is 7.95. The summed E-state index contributed by atoms with van der Waals surface area (Å²) in [6, 6.07) is 4.96. The number of carbonyl (C=O) groups excluding carboxylic acids is 1. The van der Waals surface area contributed by atoms with Gasteiger partial charge in [0.1, 0.15) is 9.75 Å². The smallest absolute Gasteiger partial charge is 0.318 e. The van der Waals surface area contributed by atoms with Gasteiger partial charge in [-0.15, -0.1) is 0 Å². The summed E-state index contributed by atoms with van der Waals surface area (Å²) < 4.78 is 5.50. The molecule has 1 heterocycles. The first-order valence-electron chi connectivity index (χ1n) is 8.51. The molecule has 0 bridgehead atoms.